The molecule has 0 aliphatic heterocycles. The number of carbonyl (C=O) groups excluding carboxylic acids is 1. The molecule has 0 spiro atoms. The summed E-state index contributed by atoms with van der Waals surface area (Å²) < 4.78 is 26.1. The van der Waals surface area contributed by atoms with Crippen LogP contribution in [0.3, 0.4) is 0 Å². The molecule has 0 bridgehead atoms. The third-order valence-corrected chi connectivity index (χ3v) is 4.33. The van der Waals surface area contributed by atoms with Crippen molar-refractivity contribution in [3.05, 3.63) is 65.4 Å². The van der Waals surface area contributed by atoms with Gasteiger partial charge in [0.05, 0.1) is 5.56 Å². The molecular weight excluding hydrogens is 336 g/mol. The van der Waals surface area contributed by atoms with Crippen molar-refractivity contribution in [1.82, 2.24) is 10.3 Å². The molecule has 2 aromatic rings. The molecule has 1 heterocycles. The van der Waals surface area contributed by atoms with Gasteiger partial charge in [0.15, 0.2) is 11.6 Å². The SMILES string of the molecule is O=C(NCCC1=CCCCC1)c1ccc(Nc2ccc(F)c(F)c2)nc1. The van der Waals surface area contributed by atoms with E-state index in [1.54, 1.807) is 12.1 Å². The number of pyridine rings is 1. The van der Waals surface area contributed by atoms with E-state index in [0.29, 0.717) is 23.6 Å². The van der Waals surface area contributed by atoms with Gasteiger partial charge in [-0.15, -0.1) is 0 Å². The Balaban J connectivity index is 1.52. The number of anilines is 2. The first-order valence-corrected chi connectivity index (χ1v) is 8.76. The largest absolute Gasteiger partial charge is 0.352 e. The van der Waals surface area contributed by atoms with Crippen molar-refractivity contribution in [3.8, 4) is 0 Å². The number of allylic oxidation sites excluding steroid dienone is 1. The van der Waals surface area contributed by atoms with Crippen LogP contribution in [0.1, 0.15) is 42.5 Å². The minimum Gasteiger partial charge on any atom is -0.352 e. The molecule has 0 fully saturated rings. The van der Waals surface area contributed by atoms with Crippen LogP contribution in [0.25, 0.3) is 0 Å². The van der Waals surface area contributed by atoms with E-state index in [1.807, 2.05) is 0 Å². The zero-order chi connectivity index (χ0) is 18.4. The number of nitrogens with one attached hydrogen (secondary N) is 2. The van der Waals surface area contributed by atoms with Gasteiger partial charge in [-0.05, 0) is 56.4 Å². The minimum absolute atomic E-state index is 0.173. The summed E-state index contributed by atoms with van der Waals surface area (Å²) in [6.45, 7) is 0.611. The van der Waals surface area contributed by atoms with Crippen molar-refractivity contribution >= 4 is 17.4 Å². The van der Waals surface area contributed by atoms with E-state index in [-0.39, 0.29) is 5.91 Å². The molecule has 0 unspecified atom stereocenters. The van der Waals surface area contributed by atoms with E-state index in [2.05, 4.69) is 21.7 Å². The van der Waals surface area contributed by atoms with Gasteiger partial charge in [-0.3, -0.25) is 4.79 Å². The zero-order valence-corrected chi connectivity index (χ0v) is 14.4. The number of halogens is 2. The number of nitrogens with zero attached hydrogens (tertiary/aromatic N) is 1. The van der Waals surface area contributed by atoms with Crippen molar-refractivity contribution in [2.45, 2.75) is 32.1 Å². The van der Waals surface area contributed by atoms with E-state index in [4.69, 9.17) is 0 Å². The van der Waals surface area contributed by atoms with Crippen molar-refractivity contribution < 1.29 is 13.6 Å². The second kappa shape index (κ2) is 8.56. The van der Waals surface area contributed by atoms with Gasteiger partial charge >= 0.3 is 0 Å². The average Bonchev–Trinajstić information content (AvgIpc) is 2.66. The first-order valence-electron chi connectivity index (χ1n) is 8.76. The van der Waals surface area contributed by atoms with Gasteiger partial charge in [-0.25, -0.2) is 13.8 Å². The first kappa shape index (κ1) is 18.0. The topological polar surface area (TPSA) is 54.0 Å². The Morgan fingerprint density at radius 3 is 2.69 bits per heavy atom. The second-order valence-corrected chi connectivity index (χ2v) is 6.30. The molecule has 0 atom stereocenters. The van der Waals surface area contributed by atoms with Gasteiger partial charge in [0, 0.05) is 24.5 Å². The zero-order valence-electron chi connectivity index (χ0n) is 14.4. The van der Waals surface area contributed by atoms with Crippen molar-refractivity contribution in [3.63, 3.8) is 0 Å². The molecule has 4 nitrogen and oxygen atoms in total. The van der Waals surface area contributed by atoms with Crippen molar-refractivity contribution in [2.75, 3.05) is 11.9 Å². The number of aromatic nitrogens is 1. The van der Waals surface area contributed by atoms with Crippen molar-refractivity contribution in [2.24, 2.45) is 0 Å². The van der Waals surface area contributed by atoms with Crippen LogP contribution in [0, 0.1) is 11.6 Å². The molecule has 1 aromatic heterocycles. The van der Waals surface area contributed by atoms with E-state index in [0.717, 1.165) is 31.4 Å². The van der Waals surface area contributed by atoms with Crippen LogP contribution in [-0.2, 0) is 0 Å². The fourth-order valence-corrected chi connectivity index (χ4v) is 2.89. The molecule has 0 radical (unpaired) electrons. The lowest BCUT2D eigenvalue weighted by Gasteiger charge is -2.13. The predicted octanol–water partition coefficient (Wildman–Crippen LogP) is 4.72. The highest BCUT2D eigenvalue weighted by Crippen LogP contribution is 2.20. The van der Waals surface area contributed by atoms with Crippen LogP contribution in [0.15, 0.2) is 48.2 Å². The first-order chi connectivity index (χ1) is 12.6. The normalized spacial score (nSPS) is 13.8. The molecule has 26 heavy (non-hydrogen) atoms. The Morgan fingerprint density at radius 1 is 1.12 bits per heavy atom. The summed E-state index contributed by atoms with van der Waals surface area (Å²) in [6.07, 6.45) is 9.37. The highest BCUT2D eigenvalue weighted by Gasteiger charge is 2.08. The van der Waals surface area contributed by atoms with Gasteiger partial charge in [-0.1, -0.05) is 11.6 Å². The van der Waals surface area contributed by atoms with Crippen LogP contribution in [0.4, 0.5) is 20.3 Å². The highest BCUT2D eigenvalue weighted by atomic mass is 19.2. The molecule has 0 saturated heterocycles. The van der Waals surface area contributed by atoms with Gasteiger partial charge < -0.3 is 10.6 Å². The van der Waals surface area contributed by atoms with Crippen LogP contribution >= 0.6 is 0 Å². The third kappa shape index (κ3) is 4.88. The molecule has 1 aliphatic carbocycles. The Bertz CT molecular complexity index is 803. The number of carbonyl (C=O) groups is 1. The molecule has 3 rings (SSSR count). The smallest absolute Gasteiger partial charge is 0.252 e. The summed E-state index contributed by atoms with van der Waals surface area (Å²) in [6, 6.07) is 6.78. The van der Waals surface area contributed by atoms with Gasteiger partial charge in [-0.2, -0.15) is 0 Å². The fourth-order valence-electron chi connectivity index (χ4n) is 2.89. The van der Waals surface area contributed by atoms with E-state index in [1.165, 1.54) is 30.7 Å². The van der Waals surface area contributed by atoms with E-state index in [9.17, 15) is 13.6 Å². The summed E-state index contributed by atoms with van der Waals surface area (Å²) in [7, 11) is 0. The summed E-state index contributed by atoms with van der Waals surface area (Å²) in [5, 5.41) is 5.76. The Hall–Kier alpha value is -2.76. The lowest BCUT2D eigenvalue weighted by Crippen LogP contribution is -2.25. The van der Waals surface area contributed by atoms with Gasteiger partial charge in [0.1, 0.15) is 5.82 Å². The number of hydrogen-bond donors (Lipinski definition) is 2. The maximum absolute atomic E-state index is 13.2. The maximum atomic E-state index is 13.2. The third-order valence-electron chi connectivity index (χ3n) is 4.33. The molecule has 0 saturated carbocycles. The number of amides is 1. The van der Waals surface area contributed by atoms with E-state index >= 15 is 0 Å². The molecule has 1 aromatic carbocycles. The lowest BCUT2D eigenvalue weighted by atomic mass is 9.97. The van der Waals surface area contributed by atoms with Gasteiger partial charge in [0.25, 0.3) is 5.91 Å². The van der Waals surface area contributed by atoms with Crippen LogP contribution in [0.2, 0.25) is 0 Å². The highest BCUT2D eigenvalue weighted by molar-refractivity contribution is 5.94. The van der Waals surface area contributed by atoms with E-state index < -0.39 is 11.6 Å². The molecule has 2 N–H and O–H groups in total. The second-order valence-electron chi connectivity index (χ2n) is 6.30. The molecule has 136 valence electrons. The Kier molecular flexibility index (Phi) is 5.94. The minimum atomic E-state index is -0.931. The lowest BCUT2D eigenvalue weighted by molar-refractivity contribution is 0.0953. The Labute approximate surface area is 151 Å². The maximum Gasteiger partial charge on any atom is 0.252 e. The summed E-state index contributed by atoms with van der Waals surface area (Å²) in [5.74, 6) is -1.56. The molecule has 1 amide bonds. The predicted molar refractivity (Wildman–Crippen MR) is 97.4 cm³/mol. The standard InChI is InChI=1S/C20H21F2N3O/c21-17-8-7-16(12-18(17)22)25-19-9-6-15(13-24-19)20(26)23-11-10-14-4-2-1-3-5-14/h4,6-9,12-13H,1-3,5,10-11H2,(H,23,26)(H,24,25). The summed E-state index contributed by atoms with van der Waals surface area (Å²) in [5.41, 5.74) is 2.26. The van der Waals surface area contributed by atoms with Crippen LogP contribution in [0.5, 0.6) is 0 Å². The molecule has 6 heteroatoms. The van der Waals surface area contributed by atoms with Crippen LogP contribution < -0.4 is 10.6 Å². The fraction of sp³-hybridized carbons (Fsp3) is 0.300. The summed E-state index contributed by atoms with van der Waals surface area (Å²) >= 11 is 0. The monoisotopic (exact) mass is 357 g/mol. The van der Waals surface area contributed by atoms with Gasteiger partial charge in [0.2, 0.25) is 0 Å². The molecule has 1 aliphatic rings. The summed E-state index contributed by atoms with van der Waals surface area (Å²) in [4.78, 5) is 16.3. The number of hydrogen-bond acceptors (Lipinski definition) is 3. The quantitative estimate of drug-likeness (QED) is 0.735. The number of benzene rings is 1. The molecular formula is C20H21F2N3O. The Morgan fingerprint density at radius 2 is 2.00 bits per heavy atom. The average molecular weight is 357 g/mol. The van der Waals surface area contributed by atoms with Crippen LogP contribution in [-0.4, -0.2) is 17.4 Å². The van der Waals surface area contributed by atoms with Crippen molar-refractivity contribution in [1.29, 1.82) is 0 Å². The number of rotatable bonds is 6.